The number of para-hydroxylation sites is 1. The maximum absolute atomic E-state index is 13.0. The maximum atomic E-state index is 13.0. The molecule has 8 nitrogen and oxygen atoms in total. The van der Waals surface area contributed by atoms with Crippen molar-refractivity contribution in [1.82, 2.24) is 29.8 Å². The molecule has 0 bridgehead atoms. The third-order valence-corrected chi connectivity index (χ3v) is 6.14. The Morgan fingerprint density at radius 1 is 1.16 bits per heavy atom. The Morgan fingerprint density at radius 2 is 1.94 bits per heavy atom. The standard InChI is InChI=1S/C23H30N6O2/c1-16-9-7-8-13-27(16)14-12-24-20(30)15-28-23(31)22-21(17(2)25-28)18(3)29(26-22)19-10-5-4-6-11-19/h4-6,10-11,16H,7-9,12-15H2,1-3H3,(H,24,30). The highest BCUT2D eigenvalue weighted by molar-refractivity contribution is 5.83. The highest BCUT2D eigenvalue weighted by Gasteiger charge is 2.20. The summed E-state index contributed by atoms with van der Waals surface area (Å²) in [6.45, 7) is 8.38. The molecule has 0 spiro atoms. The monoisotopic (exact) mass is 422 g/mol. The molecule has 1 fully saturated rings. The molecule has 1 aliphatic heterocycles. The van der Waals surface area contributed by atoms with Crippen LogP contribution in [0.25, 0.3) is 16.6 Å². The Morgan fingerprint density at radius 3 is 2.68 bits per heavy atom. The number of piperidine rings is 1. The van der Waals surface area contributed by atoms with Crippen LogP contribution in [0.3, 0.4) is 0 Å². The van der Waals surface area contributed by atoms with Crippen molar-refractivity contribution in [3.8, 4) is 5.69 Å². The molecule has 3 heterocycles. The third kappa shape index (κ3) is 4.39. The second kappa shape index (κ2) is 9.01. The summed E-state index contributed by atoms with van der Waals surface area (Å²) in [7, 11) is 0. The lowest BCUT2D eigenvalue weighted by Crippen LogP contribution is -2.43. The number of carbonyl (C=O) groups is 1. The molecule has 4 rings (SSSR count). The molecule has 1 N–H and O–H groups in total. The zero-order chi connectivity index (χ0) is 22.0. The second-order valence-corrected chi connectivity index (χ2v) is 8.34. The van der Waals surface area contributed by atoms with E-state index in [2.05, 4.69) is 27.3 Å². The van der Waals surface area contributed by atoms with Gasteiger partial charge >= 0.3 is 0 Å². The Labute approximate surface area is 181 Å². The van der Waals surface area contributed by atoms with Crippen molar-refractivity contribution >= 4 is 16.8 Å². The molecule has 0 radical (unpaired) electrons. The SMILES string of the molecule is Cc1nn(CC(=O)NCCN2CCCCC2C)c(=O)c2nn(-c3ccccc3)c(C)c12. The van der Waals surface area contributed by atoms with E-state index in [9.17, 15) is 9.59 Å². The van der Waals surface area contributed by atoms with Gasteiger partial charge in [-0.1, -0.05) is 24.6 Å². The van der Waals surface area contributed by atoms with Gasteiger partial charge in [-0.25, -0.2) is 9.36 Å². The van der Waals surface area contributed by atoms with Gasteiger partial charge in [-0.05, 0) is 52.3 Å². The minimum absolute atomic E-state index is 0.109. The zero-order valence-corrected chi connectivity index (χ0v) is 18.5. The zero-order valence-electron chi connectivity index (χ0n) is 18.5. The Bertz CT molecular complexity index is 1130. The molecule has 8 heteroatoms. The smallest absolute Gasteiger partial charge is 0.295 e. The first kappa shape index (κ1) is 21.2. The minimum atomic E-state index is -0.349. The summed E-state index contributed by atoms with van der Waals surface area (Å²) in [5, 5.41) is 12.6. The number of nitrogens with one attached hydrogen (secondary N) is 1. The van der Waals surface area contributed by atoms with Crippen LogP contribution in [-0.4, -0.2) is 56.0 Å². The van der Waals surface area contributed by atoms with Crippen LogP contribution < -0.4 is 10.9 Å². The summed E-state index contributed by atoms with van der Waals surface area (Å²) in [6.07, 6.45) is 3.70. The van der Waals surface area contributed by atoms with Crippen molar-refractivity contribution in [1.29, 1.82) is 0 Å². The largest absolute Gasteiger partial charge is 0.353 e. The van der Waals surface area contributed by atoms with Crippen LogP contribution in [0.4, 0.5) is 0 Å². The van der Waals surface area contributed by atoms with Gasteiger partial charge in [0, 0.05) is 19.1 Å². The van der Waals surface area contributed by atoms with E-state index in [0.717, 1.165) is 29.9 Å². The molecule has 31 heavy (non-hydrogen) atoms. The predicted molar refractivity (Wildman–Crippen MR) is 120 cm³/mol. The number of carbonyl (C=O) groups excluding carboxylic acids is 1. The van der Waals surface area contributed by atoms with Crippen LogP contribution >= 0.6 is 0 Å². The van der Waals surface area contributed by atoms with Crippen LogP contribution in [0.2, 0.25) is 0 Å². The molecule has 1 amide bonds. The summed E-state index contributed by atoms with van der Waals surface area (Å²) >= 11 is 0. The van der Waals surface area contributed by atoms with Crippen LogP contribution in [0, 0.1) is 13.8 Å². The van der Waals surface area contributed by atoms with Crippen LogP contribution in [0.1, 0.15) is 37.6 Å². The highest BCUT2D eigenvalue weighted by Crippen LogP contribution is 2.21. The summed E-state index contributed by atoms with van der Waals surface area (Å²) in [4.78, 5) is 27.9. The lowest BCUT2D eigenvalue weighted by molar-refractivity contribution is -0.122. The third-order valence-electron chi connectivity index (χ3n) is 6.14. The van der Waals surface area contributed by atoms with Crippen LogP contribution in [-0.2, 0) is 11.3 Å². The first-order valence-electron chi connectivity index (χ1n) is 11.0. The molecular formula is C23H30N6O2. The van der Waals surface area contributed by atoms with Gasteiger partial charge in [0.2, 0.25) is 5.91 Å². The number of nitrogens with zero attached hydrogens (tertiary/aromatic N) is 5. The van der Waals surface area contributed by atoms with E-state index in [4.69, 9.17) is 0 Å². The molecule has 1 unspecified atom stereocenters. The van der Waals surface area contributed by atoms with E-state index in [-0.39, 0.29) is 18.0 Å². The molecular weight excluding hydrogens is 392 g/mol. The Hall–Kier alpha value is -3.00. The normalized spacial score (nSPS) is 17.2. The fourth-order valence-electron chi connectivity index (χ4n) is 4.43. The van der Waals surface area contributed by atoms with Gasteiger partial charge in [-0.2, -0.15) is 10.2 Å². The number of fused-ring (bicyclic) bond motifs is 1. The summed E-state index contributed by atoms with van der Waals surface area (Å²) in [6, 6.07) is 10.2. The van der Waals surface area contributed by atoms with Crippen LogP contribution in [0.15, 0.2) is 35.1 Å². The van der Waals surface area contributed by atoms with E-state index < -0.39 is 0 Å². The number of hydrogen-bond donors (Lipinski definition) is 1. The molecule has 1 atom stereocenters. The van der Waals surface area contributed by atoms with Crippen LogP contribution in [0.5, 0.6) is 0 Å². The van der Waals surface area contributed by atoms with Crippen molar-refractivity contribution in [3.05, 3.63) is 52.1 Å². The molecule has 1 aromatic carbocycles. The number of likely N-dealkylation sites (tertiary alicyclic amines) is 1. The molecule has 1 aliphatic rings. The van der Waals surface area contributed by atoms with E-state index >= 15 is 0 Å². The summed E-state index contributed by atoms with van der Waals surface area (Å²) in [5.74, 6) is -0.211. The van der Waals surface area contributed by atoms with Gasteiger partial charge in [-0.15, -0.1) is 0 Å². The average Bonchev–Trinajstić information content (AvgIpc) is 3.12. The van der Waals surface area contributed by atoms with Gasteiger partial charge in [0.05, 0.1) is 22.5 Å². The van der Waals surface area contributed by atoms with E-state index in [0.29, 0.717) is 23.8 Å². The number of rotatable bonds is 6. The number of aromatic nitrogens is 4. The quantitative estimate of drug-likeness (QED) is 0.658. The van der Waals surface area contributed by atoms with E-state index in [1.54, 1.807) is 4.68 Å². The van der Waals surface area contributed by atoms with Gasteiger partial charge in [0.1, 0.15) is 6.54 Å². The fraction of sp³-hybridized carbons (Fsp3) is 0.478. The van der Waals surface area contributed by atoms with E-state index in [1.807, 2.05) is 44.2 Å². The van der Waals surface area contributed by atoms with Gasteiger partial charge < -0.3 is 5.32 Å². The van der Waals surface area contributed by atoms with Crippen molar-refractivity contribution in [3.63, 3.8) is 0 Å². The van der Waals surface area contributed by atoms with Gasteiger partial charge in [0.25, 0.3) is 5.56 Å². The average molecular weight is 423 g/mol. The number of aryl methyl sites for hydroxylation is 2. The molecule has 2 aromatic heterocycles. The van der Waals surface area contributed by atoms with Crippen molar-refractivity contribution in [2.75, 3.05) is 19.6 Å². The summed E-state index contributed by atoms with van der Waals surface area (Å²) in [5.41, 5.74) is 2.41. The molecule has 1 saturated heterocycles. The van der Waals surface area contributed by atoms with E-state index in [1.165, 1.54) is 23.9 Å². The fourth-order valence-corrected chi connectivity index (χ4v) is 4.43. The highest BCUT2D eigenvalue weighted by atomic mass is 16.2. The Kier molecular flexibility index (Phi) is 6.18. The van der Waals surface area contributed by atoms with Gasteiger partial charge in [0.15, 0.2) is 5.52 Å². The number of benzene rings is 1. The number of hydrogen-bond acceptors (Lipinski definition) is 5. The van der Waals surface area contributed by atoms with Gasteiger partial charge in [-0.3, -0.25) is 14.5 Å². The summed E-state index contributed by atoms with van der Waals surface area (Å²) < 4.78 is 2.98. The first-order valence-corrected chi connectivity index (χ1v) is 11.0. The molecule has 0 aliphatic carbocycles. The molecule has 164 valence electrons. The Balaban J connectivity index is 1.50. The van der Waals surface area contributed by atoms with Crippen molar-refractivity contribution < 1.29 is 4.79 Å². The lowest BCUT2D eigenvalue weighted by Gasteiger charge is -2.33. The van der Waals surface area contributed by atoms with Crippen molar-refractivity contribution in [2.45, 2.75) is 52.6 Å². The minimum Gasteiger partial charge on any atom is -0.353 e. The van der Waals surface area contributed by atoms with Crippen molar-refractivity contribution in [2.24, 2.45) is 0 Å². The maximum Gasteiger partial charge on any atom is 0.295 e. The topological polar surface area (TPSA) is 85.1 Å². The first-order chi connectivity index (χ1) is 15.0. The predicted octanol–water partition coefficient (Wildman–Crippen LogP) is 2.19. The molecule has 0 saturated carbocycles. The lowest BCUT2D eigenvalue weighted by atomic mass is 10.0. The number of amides is 1. The molecule has 3 aromatic rings. The second-order valence-electron chi connectivity index (χ2n) is 8.34.